The second-order valence-electron chi connectivity index (χ2n) is 3.90. The van der Waals surface area contributed by atoms with E-state index >= 15 is 0 Å². The molecule has 0 amide bonds. The van der Waals surface area contributed by atoms with Gasteiger partial charge in [0, 0.05) is 12.3 Å². The Labute approximate surface area is 75.5 Å². The van der Waals surface area contributed by atoms with Gasteiger partial charge in [-0.3, -0.25) is 0 Å². The van der Waals surface area contributed by atoms with Crippen molar-refractivity contribution in [2.45, 2.75) is 39.5 Å². The maximum Gasteiger partial charge on any atom is 0.0801 e. The number of nitrogens with one attached hydrogen (secondary N) is 1. The van der Waals surface area contributed by atoms with Crippen molar-refractivity contribution in [2.24, 2.45) is 5.92 Å². The molecule has 1 saturated heterocycles. The molecule has 0 saturated carbocycles. The molecule has 0 radical (unpaired) electrons. The summed E-state index contributed by atoms with van der Waals surface area (Å²) in [6, 6.07) is 0. The first-order chi connectivity index (χ1) is 5.36. The van der Waals surface area contributed by atoms with Gasteiger partial charge < -0.3 is 9.60 Å². The van der Waals surface area contributed by atoms with Gasteiger partial charge in [-0.25, -0.2) is 0 Å². The second-order valence-corrected chi connectivity index (χ2v) is 3.90. The molecule has 2 atom stereocenters. The van der Waals surface area contributed by atoms with Crippen LogP contribution < -0.4 is 9.60 Å². The van der Waals surface area contributed by atoms with Crippen molar-refractivity contribution < 1.29 is 9.60 Å². The Kier molecular flexibility index (Phi) is 6.35. The van der Waals surface area contributed by atoms with Crippen LogP contribution in [0.4, 0.5) is 0 Å². The third kappa shape index (κ3) is 3.53. The fourth-order valence-electron chi connectivity index (χ4n) is 2.26. The van der Waals surface area contributed by atoms with Crippen molar-refractivity contribution >= 4 is 0 Å². The predicted octanol–water partition coefficient (Wildman–Crippen LogP) is -1.89. The van der Waals surface area contributed by atoms with Crippen LogP contribution in [0.5, 0.6) is 0 Å². The molecule has 74 valence electrons. The van der Waals surface area contributed by atoms with Crippen LogP contribution in [0.25, 0.3) is 0 Å². The normalized spacial score (nSPS) is 28.5. The van der Waals surface area contributed by atoms with E-state index in [0.717, 1.165) is 5.92 Å². The van der Waals surface area contributed by atoms with E-state index in [1.165, 1.54) is 45.3 Å². The highest BCUT2D eigenvalue weighted by molar-refractivity contribution is 4.61. The Hall–Kier alpha value is -0.110. The van der Waals surface area contributed by atoms with E-state index in [9.17, 15) is 0 Å². The summed E-state index contributed by atoms with van der Waals surface area (Å²) in [6.07, 6.45) is 5.69. The minimum absolute atomic E-state index is 0. The van der Waals surface area contributed by atoms with Gasteiger partial charge in [-0.2, -0.15) is 0 Å². The summed E-state index contributed by atoms with van der Waals surface area (Å²) in [5, 5.41) is 0. The standard InChI is InChI=1S/C10H21N.FH/c1-3-5-10-6-8-11(9-10)7-4-2;/h10H,3-9H2,1-2H3;1H. The van der Waals surface area contributed by atoms with Gasteiger partial charge in [0.15, 0.2) is 0 Å². The van der Waals surface area contributed by atoms with E-state index in [4.69, 9.17) is 0 Å². The number of halogens is 1. The van der Waals surface area contributed by atoms with Crippen LogP contribution in [-0.2, 0) is 0 Å². The minimum Gasteiger partial charge on any atom is -1.00 e. The highest BCUT2D eigenvalue weighted by Crippen LogP contribution is 2.10. The zero-order valence-corrected chi connectivity index (χ0v) is 8.41. The molecule has 1 heterocycles. The zero-order valence-electron chi connectivity index (χ0n) is 8.41. The molecule has 0 aromatic carbocycles. The molecule has 0 aromatic rings. The predicted molar refractivity (Wildman–Crippen MR) is 48.9 cm³/mol. The molecule has 1 nitrogen and oxygen atoms in total. The van der Waals surface area contributed by atoms with Crippen molar-refractivity contribution in [3.63, 3.8) is 0 Å². The van der Waals surface area contributed by atoms with Crippen molar-refractivity contribution in [2.75, 3.05) is 19.6 Å². The minimum atomic E-state index is 0. The lowest BCUT2D eigenvalue weighted by atomic mass is 10.0. The van der Waals surface area contributed by atoms with Crippen LogP contribution in [0.1, 0.15) is 39.5 Å². The second kappa shape index (κ2) is 6.41. The van der Waals surface area contributed by atoms with E-state index in [1.807, 2.05) is 4.90 Å². The maximum absolute atomic E-state index is 2.30. The molecule has 1 aliphatic rings. The first-order valence-electron chi connectivity index (χ1n) is 5.20. The summed E-state index contributed by atoms with van der Waals surface area (Å²) >= 11 is 0. The SMILES string of the molecule is CCCC1CC[NH+](CCC)C1.[F-]. The smallest absolute Gasteiger partial charge is 0.0801 e. The summed E-state index contributed by atoms with van der Waals surface area (Å²) in [6.45, 7) is 8.90. The fraction of sp³-hybridized carbons (Fsp3) is 1.00. The van der Waals surface area contributed by atoms with Crippen LogP contribution in [-0.4, -0.2) is 19.6 Å². The number of likely N-dealkylation sites (tertiary alicyclic amines) is 1. The lowest BCUT2D eigenvalue weighted by molar-refractivity contribution is -0.889. The average Bonchev–Trinajstić information content (AvgIpc) is 2.38. The molecule has 1 N–H and O–H groups in total. The van der Waals surface area contributed by atoms with E-state index in [-0.39, 0.29) is 4.70 Å². The highest BCUT2D eigenvalue weighted by Gasteiger charge is 2.23. The first-order valence-corrected chi connectivity index (χ1v) is 5.20. The van der Waals surface area contributed by atoms with E-state index < -0.39 is 0 Å². The molecule has 0 spiro atoms. The third-order valence-electron chi connectivity index (χ3n) is 2.78. The van der Waals surface area contributed by atoms with Crippen molar-refractivity contribution in [3.8, 4) is 0 Å². The lowest BCUT2D eigenvalue weighted by Crippen LogP contribution is -3.10. The van der Waals surface area contributed by atoms with Crippen molar-refractivity contribution in [1.29, 1.82) is 0 Å². The molecule has 1 fully saturated rings. The topological polar surface area (TPSA) is 4.44 Å². The fourth-order valence-corrected chi connectivity index (χ4v) is 2.26. The molecule has 0 aliphatic carbocycles. The molecule has 1 rings (SSSR count). The van der Waals surface area contributed by atoms with Crippen LogP contribution in [0.2, 0.25) is 0 Å². The van der Waals surface area contributed by atoms with E-state index in [1.54, 1.807) is 0 Å². The monoisotopic (exact) mass is 175 g/mol. The number of quaternary nitrogens is 1. The molecule has 2 heteroatoms. The van der Waals surface area contributed by atoms with Crippen molar-refractivity contribution in [3.05, 3.63) is 0 Å². The van der Waals surface area contributed by atoms with E-state index in [0.29, 0.717) is 0 Å². The summed E-state index contributed by atoms with van der Waals surface area (Å²) < 4.78 is 0. The maximum atomic E-state index is 2.30. The third-order valence-corrected chi connectivity index (χ3v) is 2.78. The summed E-state index contributed by atoms with van der Waals surface area (Å²) in [4.78, 5) is 1.85. The summed E-state index contributed by atoms with van der Waals surface area (Å²) in [5.74, 6) is 1.06. The quantitative estimate of drug-likeness (QED) is 0.509. The number of rotatable bonds is 4. The molecule has 1 aliphatic heterocycles. The van der Waals surface area contributed by atoms with Crippen molar-refractivity contribution in [1.82, 2.24) is 0 Å². The van der Waals surface area contributed by atoms with Gasteiger partial charge in [0.05, 0.1) is 19.6 Å². The van der Waals surface area contributed by atoms with Gasteiger partial charge in [0.25, 0.3) is 0 Å². The summed E-state index contributed by atoms with van der Waals surface area (Å²) in [7, 11) is 0. The molecular formula is C10H22FN. The molecule has 2 unspecified atom stereocenters. The number of hydrogen-bond acceptors (Lipinski definition) is 0. The molecule has 12 heavy (non-hydrogen) atoms. The van der Waals surface area contributed by atoms with Crippen LogP contribution in [0, 0.1) is 5.92 Å². The molecular weight excluding hydrogens is 153 g/mol. The van der Waals surface area contributed by atoms with Gasteiger partial charge in [-0.1, -0.05) is 20.3 Å². The average molecular weight is 175 g/mol. The van der Waals surface area contributed by atoms with Gasteiger partial charge in [0.1, 0.15) is 0 Å². The van der Waals surface area contributed by atoms with Crippen LogP contribution >= 0.6 is 0 Å². The first kappa shape index (κ1) is 11.9. The Bertz CT molecular complexity index is 94.0. The van der Waals surface area contributed by atoms with Gasteiger partial charge >= 0.3 is 0 Å². The molecule has 0 aromatic heterocycles. The van der Waals surface area contributed by atoms with Crippen LogP contribution in [0.15, 0.2) is 0 Å². The highest BCUT2D eigenvalue weighted by atomic mass is 19.0. The summed E-state index contributed by atoms with van der Waals surface area (Å²) in [5.41, 5.74) is 0. The molecule has 0 bridgehead atoms. The Morgan fingerprint density at radius 3 is 2.58 bits per heavy atom. The largest absolute Gasteiger partial charge is 1.00 e. The lowest BCUT2D eigenvalue weighted by Gasteiger charge is -2.11. The van der Waals surface area contributed by atoms with Gasteiger partial charge in [-0.15, -0.1) is 0 Å². The Morgan fingerprint density at radius 2 is 2.00 bits per heavy atom. The van der Waals surface area contributed by atoms with Crippen LogP contribution in [0.3, 0.4) is 0 Å². The number of hydrogen-bond donors (Lipinski definition) is 1. The van der Waals surface area contributed by atoms with Gasteiger partial charge in [0.2, 0.25) is 0 Å². The Balaban J connectivity index is 0.00000121. The van der Waals surface area contributed by atoms with E-state index in [2.05, 4.69) is 13.8 Å². The zero-order chi connectivity index (χ0) is 8.10. The van der Waals surface area contributed by atoms with Gasteiger partial charge in [-0.05, 0) is 12.8 Å². The Morgan fingerprint density at radius 1 is 1.25 bits per heavy atom.